The van der Waals surface area contributed by atoms with Gasteiger partial charge in [0.1, 0.15) is 30.0 Å². The van der Waals surface area contributed by atoms with Crippen molar-refractivity contribution < 1.29 is 18.7 Å². The predicted molar refractivity (Wildman–Crippen MR) is 130 cm³/mol. The minimum absolute atomic E-state index is 0.0699. The first-order valence-electron chi connectivity index (χ1n) is 11.5. The van der Waals surface area contributed by atoms with Gasteiger partial charge in [-0.2, -0.15) is 5.26 Å². The molecule has 2 aromatic heterocycles. The molecule has 0 spiro atoms. The zero-order valence-corrected chi connectivity index (χ0v) is 19.8. The van der Waals surface area contributed by atoms with Crippen molar-refractivity contribution in [3.63, 3.8) is 0 Å². The molecular weight excluding hydrogens is 473 g/mol. The van der Waals surface area contributed by atoms with E-state index in [1.807, 2.05) is 6.92 Å². The molecule has 2 N–H and O–H groups in total. The maximum Gasteiger partial charge on any atom is 0.413 e. The molecule has 2 atom stereocenters. The Labute approximate surface area is 206 Å². The lowest BCUT2D eigenvalue weighted by Crippen LogP contribution is -2.31. The Balaban J connectivity index is 1.45. The van der Waals surface area contributed by atoms with Gasteiger partial charge in [-0.25, -0.2) is 19.2 Å². The molecule has 1 fully saturated rings. The number of rotatable bonds is 3. The number of hydrogen-bond donors (Lipinski definition) is 2. The Kier molecular flexibility index (Phi) is 6.31. The largest absolute Gasteiger partial charge is 0.474 e. The van der Waals surface area contributed by atoms with Crippen molar-refractivity contribution in [3.05, 3.63) is 40.9 Å². The van der Waals surface area contributed by atoms with E-state index < -0.39 is 18.0 Å². The van der Waals surface area contributed by atoms with Crippen molar-refractivity contribution in [2.75, 3.05) is 23.8 Å². The maximum atomic E-state index is 15.3. The number of fused-ring (bicyclic) bond motifs is 2. The molecule has 8 nitrogen and oxygen atoms in total. The number of nitrogens with zero attached hydrogens (tertiary/aromatic N) is 3. The van der Waals surface area contributed by atoms with Crippen LogP contribution in [-0.2, 0) is 4.74 Å². The van der Waals surface area contributed by atoms with Crippen LogP contribution in [0.5, 0.6) is 5.88 Å². The van der Waals surface area contributed by atoms with E-state index in [0.29, 0.717) is 48.2 Å². The number of ether oxygens (including phenoxy) is 2. The van der Waals surface area contributed by atoms with Gasteiger partial charge in [-0.15, -0.1) is 0 Å². The summed E-state index contributed by atoms with van der Waals surface area (Å²) in [4.78, 5) is 21.0. The average molecular weight is 496 g/mol. The zero-order valence-electron chi connectivity index (χ0n) is 19.0. The molecule has 2 aliphatic rings. The third-order valence-electron chi connectivity index (χ3n) is 6.49. The highest BCUT2D eigenvalue weighted by molar-refractivity contribution is 6.36. The van der Waals surface area contributed by atoms with E-state index in [9.17, 15) is 10.1 Å². The smallest absolute Gasteiger partial charge is 0.413 e. The molecule has 10 heteroatoms. The second-order valence-corrected chi connectivity index (χ2v) is 9.06. The fourth-order valence-corrected chi connectivity index (χ4v) is 4.90. The van der Waals surface area contributed by atoms with Crippen molar-refractivity contribution in [2.24, 2.45) is 5.92 Å². The number of amides is 1. The fraction of sp³-hybridized carbons (Fsp3) is 0.360. The van der Waals surface area contributed by atoms with Crippen LogP contribution in [0, 0.1) is 30.0 Å². The van der Waals surface area contributed by atoms with Crippen molar-refractivity contribution in [1.82, 2.24) is 9.97 Å². The molecule has 35 heavy (non-hydrogen) atoms. The van der Waals surface area contributed by atoms with Gasteiger partial charge < -0.3 is 14.8 Å². The molecule has 5 rings (SSSR count). The van der Waals surface area contributed by atoms with Crippen LogP contribution in [0.15, 0.2) is 24.5 Å². The van der Waals surface area contributed by atoms with E-state index in [0.717, 1.165) is 24.1 Å². The second-order valence-electron chi connectivity index (χ2n) is 8.68. The lowest BCUT2D eigenvalue weighted by atomic mass is 9.87. The number of nitrogens with one attached hydrogen (secondary N) is 2. The lowest BCUT2D eigenvalue weighted by Gasteiger charge is -2.26. The monoisotopic (exact) mass is 495 g/mol. The van der Waals surface area contributed by atoms with E-state index in [2.05, 4.69) is 26.7 Å². The maximum absolute atomic E-state index is 15.3. The lowest BCUT2D eigenvalue weighted by molar-refractivity contribution is 0.0642. The summed E-state index contributed by atoms with van der Waals surface area (Å²) in [7, 11) is 0. The number of benzene rings is 1. The van der Waals surface area contributed by atoms with Crippen molar-refractivity contribution in [1.29, 1.82) is 5.26 Å². The van der Waals surface area contributed by atoms with Gasteiger partial charge in [0.15, 0.2) is 0 Å². The number of halogens is 2. The Hall–Kier alpha value is -3.64. The highest BCUT2D eigenvalue weighted by Crippen LogP contribution is 2.40. The van der Waals surface area contributed by atoms with Gasteiger partial charge in [0.05, 0.1) is 17.0 Å². The molecule has 3 heterocycles. The molecule has 3 aromatic rings. The summed E-state index contributed by atoms with van der Waals surface area (Å²) >= 11 is 6.38. The van der Waals surface area contributed by atoms with Gasteiger partial charge in [-0.3, -0.25) is 5.32 Å². The first-order chi connectivity index (χ1) is 17.0. The summed E-state index contributed by atoms with van der Waals surface area (Å²) in [6, 6.07) is 5.48. The van der Waals surface area contributed by atoms with Gasteiger partial charge in [-0.05, 0) is 49.3 Å². The quantitative estimate of drug-likeness (QED) is 0.470. The van der Waals surface area contributed by atoms with Gasteiger partial charge in [-0.1, -0.05) is 18.0 Å². The molecule has 1 aromatic carbocycles. The van der Waals surface area contributed by atoms with Crippen LogP contribution in [0.25, 0.3) is 21.9 Å². The average Bonchev–Trinajstić information content (AvgIpc) is 2.87. The molecule has 1 aliphatic heterocycles. The second kappa shape index (κ2) is 9.55. The summed E-state index contributed by atoms with van der Waals surface area (Å²) in [6.07, 6.45) is 5.09. The van der Waals surface area contributed by atoms with Crippen LogP contribution in [0.2, 0.25) is 5.02 Å². The number of carbonyl (C=O) groups is 1. The molecule has 0 saturated heterocycles. The van der Waals surface area contributed by atoms with Crippen LogP contribution in [0.1, 0.15) is 31.2 Å². The van der Waals surface area contributed by atoms with Crippen molar-refractivity contribution in [2.45, 2.75) is 38.7 Å². The van der Waals surface area contributed by atoms with Crippen molar-refractivity contribution >= 4 is 40.0 Å². The number of aromatic nitrogens is 2. The Morgan fingerprint density at radius 3 is 2.94 bits per heavy atom. The first kappa shape index (κ1) is 23.1. The van der Waals surface area contributed by atoms with Crippen molar-refractivity contribution in [3.8, 4) is 23.1 Å². The summed E-state index contributed by atoms with van der Waals surface area (Å²) in [5.41, 5.74) is 2.37. The van der Waals surface area contributed by atoms with Crippen LogP contribution in [0.4, 0.5) is 20.7 Å². The number of carbonyl (C=O) groups excluding carboxylic acids is 1. The number of nitriles is 1. The predicted octanol–water partition coefficient (Wildman–Crippen LogP) is 5.83. The number of anilines is 2. The van der Waals surface area contributed by atoms with E-state index in [1.54, 1.807) is 18.3 Å². The molecule has 0 bridgehead atoms. The molecule has 0 unspecified atom stereocenters. The Bertz CT molecular complexity index is 1360. The molecular formula is C25H23ClFN5O3. The van der Waals surface area contributed by atoms with E-state index >= 15 is 4.39 Å². The number of pyridine rings is 2. The first-order valence-corrected chi connectivity index (χ1v) is 11.9. The SMILES string of the molecule is Cc1c(-c2cc3cc(NC(=O)O[C@@H]4CCCC[C@H]4C#N)ncc3c(Cl)c2F)cnc2c1NCCO2. The molecule has 1 amide bonds. The van der Waals surface area contributed by atoms with Gasteiger partial charge in [0, 0.05) is 35.5 Å². The topological polar surface area (TPSA) is 109 Å². The van der Waals surface area contributed by atoms with E-state index in [1.165, 1.54) is 6.20 Å². The van der Waals surface area contributed by atoms with Crippen LogP contribution in [-0.4, -0.2) is 35.3 Å². The highest BCUT2D eigenvalue weighted by atomic mass is 35.5. The van der Waals surface area contributed by atoms with Crippen LogP contribution >= 0.6 is 11.6 Å². The minimum Gasteiger partial charge on any atom is -0.474 e. The normalized spacial score (nSPS) is 19.1. The third kappa shape index (κ3) is 4.42. The minimum atomic E-state index is -0.682. The van der Waals surface area contributed by atoms with Gasteiger partial charge in [0.25, 0.3) is 0 Å². The van der Waals surface area contributed by atoms with E-state index in [4.69, 9.17) is 21.1 Å². The van der Waals surface area contributed by atoms with Crippen LogP contribution in [0.3, 0.4) is 0 Å². The zero-order chi connectivity index (χ0) is 24.5. The molecule has 0 radical (unpaired) electrons. The Morgan fingerprint density at radius 1 is 1.29 bits per heavy atom. The molecule has 1 saturated carbocycles. The standard InChI is InChI=1S/C25H23ClFN5O3/c1-13-17(11-31-24-23(13)29-6-7-34-24)16-8-15-9-20(30-12-18(15)21(26)22(16)27)32-25(33)35-19-5-3-2-4-14(19)10-28/h8-9,11-12,14,19,29H,2-7H2,1H3,(H,30,32,33)/t14-,19+/m0/s1. The van der Waals surface area contributed by atoms with Gasteiger partial charge >= 0.3 is 6.09 Å². The van der Waals surface area contributed by atoms with Crippen LogP contribution < -0.4 is 15.4 Å². The molecule has 180 valence electrons. The summed E-state index contributed by atoms with van der Waals surface area (Å²) < 4.78 is 26.4. The Morgan fingerprint density at radius 2 is 2.11 bits per heavy atom. The number of hydrogen-bond acceptors (Lipinski definition) is 7. The van der Waals surface area contributed by atoms with E-state index in [-0.39, 0.29) is 22.3 Å². The third-order valence-corrected chi connectivity index (χ3v) is 6.86. The summed E-state index contributed by atoms with van der Waals surface area (Å²) in [6.45, 7) is 3.01. The van der Waals surface area contributed by atoms with Gasteiger partial charge in [0.2, 0.25) is 5.88 Å². The molecule has 1 aliphatic carbocycles. The fourth-order valence-electron chi connectivity index (χ4n) is 4.64. The highest BCUT2D eigenvalue weighted by Gasteiger charge is 2.28. The summed E-state index contributed by atoms with van der Waals surface area (Å²) in [5.74, 6) is -0.175. The summed E-state index contributed by atoms with van der Waals surface area (Å²) in [5, 5.41) is 16.1.